The van der Waals surface area contributed by atoms with E-state index in [1.807, 2.05) is 23.0 Å². The third kappa shape index (κ3) is 5.16. The fourth-order valence-electron chi connectivity index (χ4n) is 1.21. The fourth-order valence-corrected chi connectivity index (χ4v) is 1.97. The molecule has 0 aliphatic heterocycles. The van der Waals surface area contributed by atoms with Crippen molar-refractivity contribution in [3.63, 3.8) is 0 Å². The Morgan fingerprint density at radius 2 is 2.13 bits per heavy atom. The molecule has 0 aliphatic carbocycles. The molecular formula is C11H21NO2Si. The molecule has 0 bridgehead atoms. The minimum absolute atomic E-state index is 0.0991. The van der Waals surface area contributed by atoms with Crippen LogP contribution >= 0.6 is 0 Å². The monoisotopic (exact) mass is 227 g/mol. The molecule has 0 aliphatic rings. The highest BCUT2D eigenvalue weighted by Gasteiger charge is 2.11. The van der Waals surface area contributed by atoms with E-state index in [0.29, 0.717) is 6.73 Å². The molecule has 1 aromatic rings. The summed E-state index contributed by atoms with van der Waals surface area (Å²) in [4.78, 5) is 0. The summed E-state index contributed by atoms with van der Waals surface area (Å²) in [7, 11) is -0.971. The van der Waals surface area contributed by atoms with Gasteiger partial charge in [-0.05, 0) is 17.7 Å². The van der Waals surface area contributed by atoms with Gasteiger partial charge in [0.15, 0.2) is 0 Å². The van der Waals surface area contributed by atoms with Gasteiger partial charge in [-0.3, -0.25) is 0 Å². The van der Waals surface area contributed by atoms with Gasteiger partial charge >= 0.3 is 0 Å². The first-order valence-electron chi connectivity index (χ1n) is 5.34. The first kappa shape index (κ1) is 12.5. The van der Waals surface area contributed by atoms with Gasteiger partial charge in [-0.2, -0.15) is 0 Å². The number of ether oxygens (including phenoxy) is 1. The average molecular weight is 227 g/mol. The summed E-state index contributed by atoms with van der Waals surface area (Å²) in [6.07, 6.45) is 3.84. The van der Waals surface area contributed by atoms with Gasteiger partial charge in [-0.25, -0.2) is 0 Å². The molecular weight excluding hydrogens is 206 g/mol. The van der Waals surface area contributed by atoms with Crippen LogP contribution in [0.4, 0.5) is 0 Å². The van der Waals surface area contributed by atoms with Crippen molar-refractivity contribution in [2.75, 3.05) is 6.61 Å². The molecule has 0 amide bonds. The zero-order chi connectivity index (χ0) is 11.3. The normalized spacial score (nSPS) is 12.0. The molecule has 15 heavy (non-hydrogen) atoms. The third-order valence-corrected chi connectivity index (χ3v) is 3.94. The number of aliphatic hydroxyl groups excluding tert-OH is 1. The molecule has 0 saturated carbocycles. The van der Waals surface area contributed by atoms with E-state index in [0.717, 1.165) is 12.2 Å². The Kier molecular flexibility index (Phi) is 4.57. The Morgan fingerprint density at radius 3 is 2.67 bits per heavy atom. The second-order valence-corrected chi connectivity index (χ2v) is 10.7. The van der Waals surface area contributed by atoms with Crippen molar-refractivity contribution < 1.29 is 9.84 Å². The topological polar surface area (TPSA) is 34.4 Å². The van der Waals surface area contributed by atoms with Crippen LogP contribution in [0.5, 0.6) is 0 Å². The quantitative estimate of drug-likeness (QED) is 0.598. The predicted octanol–water partition coefficient (Wildman–Crippen LogP) is 2.29. The molecule has 1 heterocycles. The van der Waals surface area contributed by atoms with E-state index in [1.165, 1.54) is 6.04 Å². The van der Waals surface area contributed by atoms with Crippen LogP contribution in [-0.4, -0.2) is 24.4 Å². The Bertz CT molecular complexity index is 291. The zero-order valence-corrected chi connectivity index (χ0v) is 10.9. The van der Waals surface area contributed by atoms with Crippen molar-refractivity contribution in [2.45, 2.75) is 39.0 Å². The van der Waals surface area contributed by atoms with Crippen molar-refractivity contribution in [3.8, 4) is 0 Å². The van der Waals surface area contributed by atoms with Gasteiger partial charge < -0.3 is 14.4 Å². The third-order valence-electron chi connectivity index (χ3n) is 2.23. The molecule has 1 aromatic heterocycles. The summed E-state index contributed by atoms with van der Waals surface area (Å²) in [5, 5.41) is 8.88. The van der Waals surface area contributed by atoms with Crippen molar-refractivity contribution in [1.82, 2.24) is 4.57 Å². The maximum absolute atomic E-state index is 8.88. The smallest absolute Gasteiger partial charge is 0.122 e. The minimum Gasteiger partial charge on any atom is -0.392 e. The molecule has 0 spiro atoms. The maximum Gasteiger partial charge on any atom is 0.122 e. The molecule has 0 fully saturated rings. The zero-order valence-electron chi connectivity index (χ0n) is 9.86. The van der Waals surface area contributed by atoms with Crippen LogP contribution in [0.15, 0.2) is 18.5 Å². The second-order valence-electron chi connectivity index (χ2n) is 5.04. The summed E-state index contributed by atoms with van der Waals surface area (Å²) in [5.41, 5.74) is 0.934. The average Bonchev–Trinajstić information content (AvgIpc) is 2.59. The van der Waals surface area contributed by atoms with E-state index in [9.17, 15) is 0 Å². The molecule has 0 radical (unpaired) electrons. The number of nitrogens with zero attached hydrogens (tertiary/aromatic N) is 1. The number of aliphatic hydroxyl groups is 1. The van der Waals surface area contributed by atoms with Crippen LogP contribution in [0.1, 0.15) is 5.56 Å². The molecule has 0 saturated heterocycles. The molecule has 4 heteroatoms. The number of rotatable bonds is 6. The Morgan fingerprint density at radius 1 is 1.40 bits per heavy atom. The van der Waals surface area contributed by atoms with E-state index in [4.69, 9.17) is 9.84 Å². The Balaban J connectivity index is 2.20. The van der Waals surface area contributed by atoms with Crippen LogP contribution in [0.2, 0.25) is 25.7 Å². The van der Waals surface area contributed by atoms with Crippen LogP contribution in [-0.2, 0) is 18.1 Å². The summed E-state index contributed by atoms with van der Waals surface area (Å²) in [6.45, 7) is 8.55. The highest BCUT2D eigenvalue weighted by atomic mass is 28.3. The number of hydrogen-bond acceptors (Lipinski definition) is 2. The van der Waals surface area contributed by atoms with Gasteiger partial charge in [0.2, 0.25) is 0 Å². The SMILES string of the molecule is C[Si](C)(C)CCOCn1ccc(CO)c1. The second kappa shape index (κ2) is 5.49. The maximum atomic E-state index is 8.88. The van der Waals surface area contributed by atoms with Gasteiger partial charge in [0.25, 0.3) is 0 Å². The van der Waals surface area contributed by atoms with Gasteiger partial charge in [0, 0.05) is 27.1 Å². The fraction of sp³-hybridized carbons (Fsp3) is 0.636. The molecule has 0 aromatic carbocycles. The summed E-state index contributed by atoms with van der Waals surface area (Å²) in [5.74, 6) is 0. The molecule has 1 N–H and O–H groups in total. The lowest BCUT2D eigenvalue weighted by molar-refractivity contribution is 0.0873. The first-order chi connectivity index (χ1) is 7.01. The molecule has 86 valence electrons. The van der Waals surface area contributed by atoms with Crippen LogP contribution in [0, 0.1) is 0 Å². The van der Waals surface area contributed by atoms with Crippen molar-refractivity contribution in [3.05, 3.63) is 24.0 Å². The summed E-state index contributed by atoms with van der Waals surface area (Å²) in [6, 6.07) is 3.10. The highest BCUT2D eigenvalue weighted by molar-refractivity contribution is 6.76. The van der Waals surface area contributed by atoms with Gasteiger partial charge in [-0.15, -0.1) is 0 Å². The Hall–Kier alpha value is -0.583. The molecule has 1 rings (SSSR count). The van der Waals surface area contributed by atoms with Crippen LogP contribution in [0.25, 0.3) is 0 Å². The lowest BCUT2D eigenvalue weighted by Gasteiger charge is -2.15. The lowest BCUT2D eigenvalue weighted by Crippen LogP contribution is -2.21. The van der Waals surface area contributed by atoms with Crippen LogP contribution < -0.4 is 0 Å². The van der Waals surface area contributed by atoms with Crippen molar-refractivity contribution >= 4 is 8.07 Å². The first-order valence-corrected chi connectivity index (χ1v) is 9.05. The van der Waals surface area contributed by atoms with E-state index in [2.05, 4.69) is 19.6 Å². The highest BCUT2D eigenvalue weighted by Crippen LogP contribution is 2.08. The van der Waals surface area contributed by atoms with Gasteiger partial charge in [0.1, 0.15) is 6.73 Å². The van der Waals surface area contributed by atoms with Gasteiger partial charge in [-0.1, -0.05) is 19.6 Å². The van der Waals surface area contributed by atoms with E-state index in [-0.39, 0.29) is 6.61 Å². The van der Waals surface area contributed by atoms with Crippen molar-refractivity contribution in [1.29, 1.82) is 0 Å². The predicted molar refractivity (Wildman–Crippen MR) is 64.5 cm³/mol. The summed E-state index contributed by atoms with van der Waals surface area (Å²) >= 11 is 0. The standard InChI is InChI=1S/C11H21NO2Si/c1-15(2,3)7-6-14-10-12-5-4-11(8-12)9-13/h4-5,8,13H,6-7,9-10H2,1-3H3. The summed E-state index contributed by atoms with van der Waals surface area (Å²) < 4.78 is 7.52. The Labute approximate surface area is 92.7 Å². The molecule has 3 nitrogen and oxygen atoms in total. The molecule has 0 atom stereocenters. The van der Waals surface area contributed by atoms with E-state index < -0.39 is 8.07 Å². The minimum atomic E-state index is -0.971. The van der Waals surface area contributed by atoms with E-state index in [1.54, 1.807) is 0 Å². The molecule has 0 unspecified atom stereocenters. The largest absolute Gasteiger partial charge is 0.392 e. The van der Waals surface area contributed by atoms with Crippen LogP contribution in [0.3, 0.4) is 0 Å². The van der Waals surface area contributed by atoms with E-state index >= 15 is 0 Å². The van der Waals surface area contributed by atoms with Gasteiger partial charge in [0.05, 0.1) is 6.61 Å². The number of aromatic nitrogens is 1. The van der Waals surface area contributed by atoms with Crippen molar-refractivity contribution in [2.24, 2.45) is 0 Å². The lowest BCUT2D eigenvalue weighted by atomic mass is 10.4. The number of hydrogen-bond donors (Lipinski definition) is 1.